The quantitative estimate of drug-likeness (QED) is 0.595. The van der Waals surface area contributed by atoms with E-state index in [4.69, 9.17) is 14.2 Å². The van der Waals surface area contributed by atoms with Gasteiger partial charge in [0, 0.05) is 23.9 Å². The minimum atomic E-state index is -0.411. The molecule has 0 saturated heterocycles. The fourth-order valence-corrected chi connectivity index (χ4v) is 2.36. The molecule has 0 bridgehead atoms. The summed E-state index contributed by atoms with van der Waals surface area (Å²) in [4.78, 5) is 23.6. The second kappa shape index (κ2) is 9.28. The summed E-state index contributed by atoms with van der Waals surface area (Å²) in [6, 6.07) is 9.96. The van der Waals surface area contributed by atoms with Crippen LogP contribution in [0.3, 0.4) is 0 Å². The van der Waals surface area contributed by atoms with Crippen molar-refractivity contribution in [1.29, 1.82) is 0 Å². The van der Waals surface area contributed by atoms with Crippen molar-refractivity contribution < 1.29 is 28.5 Å². The number of hydrogen-bond donors (Lipinski definition) is 1. The third-order valence-corrected chi connectivity index (χ3v) is 3.69. The number of esters is 1. The third-order valence-electron chi connectivity index (χ3n) is 3.69. The van der Waals surface area contributed by atoms with Gasteiger partial charge in [-0.05, 0) is 23.8 Å². The topological polar surface area (TPSA) is 83.1 Å². The predicted octanol–water partition coefficient (Wildman–Crippen LogP) is 3.15. The van der Waals surface area contributed by atoms with Crippen molar-refractivity contribution in [3.63, 3.8) is 0 Å². The minimum absolute atomic E-state index is 0.332. The van der Waals surface area contributed by atoms with Crippen LogP contribution in [-0.4, -0.2) is 40.3 Å². The number of amides is 1. The highest BCUT2D eigenvalue weighted by atomic mass is 16.5. The van der Waals surface area contributed by atoms with E-state index in [0.29, 0.717) is 28.5 Å². The van der Waals surface area contributed by atoms with Crippen LogP contribution < -0.4 is 19.5 Å². The molecule has 7 heteroatoms. The van der Waals surface area contributed by atoms with Gasteiger partial charge in [0.25, 0.3) is 0 Å². The molecule has 142 valence electrons. The summed E-state index contributed by atoms with van der Waals surface area (Å²) in [5.74, 6) is 0.579. The Labute approximate surface area is 157 Å². The molecule has 27 heavy (non-hydrogen) atoms. The first-order chi connectivity index (χ1) is 13.0. The first-order valence-corrected chi connectivity index (χ1v) is 7.99. The molecule has 0 atom stereocenters. The maximum Gasteiger partial charge on any atom is 0.337 e. The molecule has 0 unspecified atom stereocenters. The van der Waals surface area contributed by atoms with Crippen LogP contribution in [-0.2, 0) is 9.53 Å². The summed E-state index contributed by atoms with van der Waals surface area (Å²) in [7, 11) is 5.83. The monoisotopic (exact) mass is 371 g/mol. The lowest BCUT2D eigenvalue weighted by Crippen LogP contribution is -2.08. The Morgan fingerprint density at radius 2 is 1.48 bits per heavy atom. The second-order valence-electron chi connectivity index (χ2n) is 5.35. The molecule has 1 amide bonds. The van der Waals surface area contributed by atoms with Gasteiger partial charge in [0.15, 0.2) is 11.5 Å². The SMILES string of the molecule is COC(=O)c1ccc(/C=C/C(=O)Nc2cc(OC)c(OC)c(OC)c2)cc1. The maximum atomic E-state index is 12.2. The summed E-state index contributed by atoms with van der Waals surface area (Å²) >= 11 is 0. The van der Waals surface area contributed by atoms with Crippen molar-refractivity contribution >= 4 is 23.6 Å². The smallest absolute Gasteiger partial charge is 0.337 e. The molecule has 0 aliphatic rings. The number of carbonyl (C=O) groups excluding carboxylic acids is 2. The first-order valence-electron chi connectivity index (χ1n) is 7.99. The van der Waals surface area contributed by atoms with Gasteiger partial charge in [-0.3, -0.25) is 4.79 Å². The standard InChI is InChI=1S/C20H21NO6/c1-24-16-11-15(12-17(25-2)19(16)26-3)21-18(22)10-7-13-5-8-14(9-6-13)20(23)27-4/h5-12H,1-4H3,(H,21,22)/b10-7+. The van der Waals surface area contributed by atoms with Gasteiger partial charge >= 0.3 is 5.97 Å². The van der Waals surface area contributed by atoms with E-state index in [1.165, 1.54) is 34.5 Å². The summed E-state index contributed by atoms with van der Waals surface area (Å²) in [6.07, 6.45) is 3.02. The highest BCUT2D eigenvalue weighted by Crippen LogP contribution is 2.39. The van der Waals surface area contributed by atoms with Gasteiger partial charge in [0.1, 0.15) is 0 Å². The molecule has 7 nitrogen and oxygen atoms in total. The summed E-state index contributed by atoms with van der Waals surface area (Å²) in [6.45, 7) is 0. The van der Waals surface area contributed by atoms with E-state index in [-0.39, 0.29) is 5.91 Å². The van der Waals surface area contributed by atoms with Gasteiger partial charge in [-0.2, -0.15) is 0 Å². The molecule has 0 aliphatic heterocycles. The van der Waals surface area contributed by atoms with E-state index in [9.17, 15) is 9.59 Å². The lowest BCUT2D eigenvalue weighted by molar-refractivity contribution is -0.111. The van der Waals surface area contributed by atoms with Crippen molar-refractivity contribution in [2.45, 2.75) is 0 Å². The van der Waals surface area contributed by atoms with Gasteiger partial charge in [0.05, 0.1) is 34.0 Å². The number of hydrogen-bond acceptors (Lipinski definition) is 6. The molecule has 0 aromatic heterocycles. The molecule has 2 rings (SSSR count). The van der Waals surface area contributed by atoms with Crippen molar-refractivity contribution in [3.8, 4) is 17.2 Å². The number of carbonyl (C=O) groups is 2. The van der Waals surface area contributed by atoms with Crippen LogP contribution in [0.1, 0.15) is 15.9 Å². The van der Waals surface area contributed by atoms with Crippen molar-refractivity contribution in [1.82, 2.24) is 0 Å². The third kappa shape index (κ3) is 5.01. The number of nitrogens with one attached hydrogen (secondary N) is 1. The van der Waals surface area contributed by atoms with E-state index in [1.54, 1.807) is 42.5 Å². The van der Waals surface area contributed by atoms with Gasteiger partial charge in [0.2, 0.25) is 11.7 Å². The minimum Gasteiger partial charge on any atom is -0.493 e. The molecular formula is C20H21NO6. The molecule has 0 aliphatic carbocycles. The lowest BCUT2D eigenvalue weighted by atomic mass is 10.1. The van der Waals surface area contributed by atoms with Crippen molar-refractivity contribution in [2.24, 2.45) is 0 Å². The van der Waals surface area contributed by atoms with Crippen LogP contribution in [0.15, 0.2) is 42.5 Å². The van der Waals surface area contributed by atoms with Crippen molar-refractivity contribution in [3.05, 3.63) is 53.6 Å². The van der Waals surface area contributed by atoms with E-state index >= 15 is 0 Å². The first kappa shape index (κ1) is 19.8. The number of ether oxygens (including phenoxy) is 4. The number of anilines is 1. The van der Waals surface area contributed by atoms with Crippen LogP contribution in [0.2, 0.25) is 0 Å². The Hall–Kier alpha value is -3.48. The fourth-order valence-electron chi connectivity index (χ4n) is 2.36. The molecule has 0 spiro atoms. The van der Waals surface area contributed by atoms with Crippen molar-refractivity contribution in [2.75, 3.05) is 33.8 Å². The van der Waals surface area contributed by atoms with Crippen LogP contribution in [0, 0.1) is 0 Å². The van der Waals surface area contributed by atoms with Crippen LogP contribution in [0.4, 0.5) is 5.69 Å². The van der Waals surface area contributed by atoms with Gasteiger partial charge in [-0.1, -0.05) is 12.1 Å². The lowest BCUT2D eigenvalue weighted by Gasteiger charge is -2.14. The Kier molecular flexibility index (Phi) is 6.82. The summed E-state index contributed by atoms with van der Waals surface area (Å²) in [5, 5.41) is 2.74. The second-order valence-corrected chi connectivity index (χ2v) is 5.35. The Bertz CT molecular complexity index is 817. The highest BCUT2D eigenvalue weighted by Gasteiger charge is 2.13. The highest BCUT2D eigenvalue weighted by molar-refractivity contribution is 6.02. The normalized spacial score (nSPS) is 10.4. The zero-order chi connectivity index (χ0) is 19.8. The molecule has 2 aromatic rings. The largest absolute Gasteiger partial charge is 0.493 e. The van der Waals surface area contributed by atoms with Gasteiger partial charge in [-0.15, -0.1) is 0 Å². The van der Waals surface area contributed by atoms with E-state index in [0.717, 1.165) is 5.56 Å². The summed E-state index contributed by atoms with van der Waals surface area (Å²) < 4.78 is 20.4. The molecule has 0 saturated carbocycles. The Morgan fingerprint density at radius 3 is 1.96 bits per heavy atom. The Morgan fingerprint density at radius 1 is 0.889 bits per heavy atom. The van der Waals surface area contributed by atoms with E-state index in [1.807, 2.05) is 0 Å². The Balaban J connectivity index is 2.11. The maximum absolute atomic E-state index is 12.2. The molecule has 0 heterocycles. The molecule has 0 fully saturated rings. The zero-order valence-corrected chi connectivity index (χ0v) is 15.6. The van der Waals surface area contributed by atoms with Crippen LogP contribution in [0.5, 0.6) is 17.2 Å². The molecule has 2 aromatic carbocycles. The van der Waals surface area contributed by atoms with E-state index in [2.05, 4.69) is 10.1 Å². The van der Waals surface area contributed by atoms with Gasteiger partial charge < -0.3 is 24.3 Å². The van der Waals surface area contributed by atoms with Crippen LogP contribution >= 0.6 is 0 Å². The zero-order valence-electron chi connectivity index (χ0n) is 15.6. The number of methoxy groups -OCH3 is 4. The van der Waals surface area contributed by atoms with Crippen LogP contribution in [0.25, 0.3) is 6.08 Å². The molecule has 0 radical (unpaired) electrons. The van der Waals surface area contributed by atoms with Gasteiger partial charge in [-0.25, -0.2) is 4.79 Å². The molecule has 1 N–H and O–H groups in total. The summed E-state index contributed by atoms with van der Waals surface area (Å²) in [5.41, 5.74) is 1.71. The predicted molar refractivity (Wildman–Crippen MR) is 102 cm³/mol. The molecular weight excluding hydrogens is 350 g/mol. The fraction of sp³-hybridized carbons (Fsp3) is 0.200. The average molecular weight is 371 g/mol. The number of rotatable bonds is 7. The van der Waals surface area contributed by atoms with E-state index < -0.39 is 5.97 Å². The number of benzene rings is 2. The average Bonchev–Trinajstić information content (AvgIpc) is 2.71.